The standard InChI is InChI=1S/C16H15BrCl2N2O3S/c1-25(23,24)21(9-11-5-7-12(17)8-6-11)10-15(22)20-14-4-2-3-13(18)16(14)19/h2-8H,9-10H2,1H3,(H,20,22). The molecule has 2 aromatic rings. The zero-order valence-electron chi connectivity index (χ0n) is 13.2. The van der Waals surface area contributed by atoms with Gasteiger partial charge in [-0.3, -0.25) is 4.79 Å². The Morgan fingerprint density at radius 3 is 2.40 bits per heavy atom. The van der Waals surface area contributed by atoms with Gasteiger partial charge in [-0.25, -0.2) is 8.42 Å². The molecule has 0 atom stereocenters. The molecule has 0 aliphatic carbocycles. The highest BCUT2D eigenvalue weighted by Gasteiger charge is 2.21. The van der Waals surface area contributed by atoms with E-state index in [2.05, 4.69) is 21.2 Å². The van der Waals surface area contributed by atoms with Gasteiger partial charge in [0.05, 0.1) is 28.5 Å². The van der Waals surface area contributed by atoms with Crippen LogP contribution in [0.4, 0.5) is 5.69 Å². The van der Waals surface area contributed by atoms with E-state index in [9.17, 15) is 13.2 Å². The SMILES string of the molecule is CS(=O)(=O)N(CC(=O)Nc1cccc(Cl)c1Cl)Cc1ccc(Br)cc1. The van der Waals surface area contributed by atoms with E-state index >= 15 is 0 Å². The van der Waals surface area contributed by atoms with Gasteiger partial charge in [-0.05, 0) is 29.8 Å². The van der Waals surface area contributed by atoms with Crippen molar-refractivity contribution in [3.8, 4) is 0 Å². The van der Waals surface area contributed by atoms with Gasteiger partial charge in [-0.15, -0.1) is 0 Å². The number of hydrogen-bond donors (Lipinski definition) is 1. The lowest BCUT2D eigenvalue weighted by Crippen LogP contribution is -2.36. The molecule has 2 aromatic carbocycles. The molecule has 0 fully saturated rings. The van der Waals surface area contributed by atoms with Gasteiger partial charge in [-0.2, -0.15) is 4.31 Å². The summed E-state index contributed by atoms with van der Waals surface area (Å²) in [6.07, 6.45) is 1.06. The van der Waals surface area contributed by atoms with E-state index in [-0.39, 0.29) is 18.1 Å². The van der Waals surface area contributed by atoms with Crippen LogP contribution in [0.15, 0.2) is 46.9 Å². The van der Waals surface area contributed by atoms with Crippen molar-refractivity contribution in [3.05, 3.63) is 62.5 Å². The number of sulfonamides is 1. The maximum Gasteiger partial charge on any atom is 0.239 e. The van der Waals surface area contributed by atoms with Crippen molar-refractivity contribution in [1.29, 1.82) is 0 Å². The summed E-state index contributed by atoms with van der Waals surface area (Å²) >= 11 is 15.2. The number of amides is 1. The van der Waals surface area contributed by atoms with Crippen molar-refractivity contribution in [2.45, 2.75) is 6.54 Å². The van der Waals surface area contributed by atoms with Crippen LogP contribution < -0.4 is 5.32 Å². The number of nitrogens with zero attached hydrogens (tertiary/aromatic N) is 1. The second-order valence-corrected chi connectivity index (χ2v) is 8.99. The maximum atomic E-state index is 12.3. The summed E-state index contributed by atoms with van der Waals surface area (Å²) in [5, 5.41) is 3.08. The molecule has 2 rings (SSSR count). The predicted molar refractivity (Wildman–Crippen MR) is 104 cm³/mol. The average Bonchev–Trinajstić information content (AvgIpc) is 2.52. The third-order valence-corrected chi connectivity index (χ3v) is 5.83. The molecule has 25 heavy (non-hydrogen) atoms. The molecular formula is C16H15BrCl2N2O3S. The zero-order valence-corrected chi connectivity index (χ0v) is 17.1. The van der Waals surface area contributed by atoms with Crippen molar-refractivity contribution in [2.75, 3.05) is 18.1 Å². The number of benzene rings is 2. The van der Waals surface area contributed by atoms with Gasteiger partial charge in [0.2, 0.25) is 15.9 Å². The second-order valence-electron chi connectivity index (χ2n) is 5.31. The van der Waals surface area contributed by atoms with Crippen molar-refractivity contribution in [2.24, 2.45) is 0 Å². The highest BCUT2D eigenvalue weighted by atomic mass is 79.9. The molecule has 0 aromatic heterocycles. The summed E-state index contributed by atoms with van der Waals surface area (Å²) in [7, 11) is -3.58. The van der Waals surface area contributed by atoms with Crippen molar-refractivity contribution in [3.63, 3.8) is 0 Å². The molecule has 1 amide bonds. The van der Waals surface area contributed by atoms with Gasteiger partial charge in [0.1, 0.15) is 0 Å². The number of carbonyl (C=O) groups is 1. The van der Waals surface area contributed by atoms with Gasteiger partial charge in [0.15, 0.2) is 0 Å². The van der Waals surface area contributed by atoms with E-state index in [0.29, 0.717) is 10.7 Å². The van der Waals surface area contributed by atoms with Gasteiger partial charge >= 0.3 is 0 Å². The molecule has 0 bridgehead atoms. The van der Waals surface area contributed by atoms with Crippen molar-refractivity contribution < 1.29 is 13.2 Å². The van der Waals surface area contributed by atoms with Crippen molar-refractivity contribution in [1.82, 2.24) is 4.31 Å². The minimum Gasteiger partial charge on any atom is -0.324 e. The first-order chi connectivity index (χ1) is 11.7. The molecule has 0 saturated carbocycles. The minimum atomic E-state index is -3.58. The molecule has 0 saturated heterocycles. The Labute approximate surface area is 165 Å². The van der Waals surface area contributed by atoms with Gasteiger partial charge in [0.25, 0.3) is 0 Å². The average molecular weight is 466 g/mol. The molecule has 0 heterocycles. The van der Waals surface area contributed by atoms with Crippen LogP contribution >= 0.6 is 39.1 Å². The summed E-state index contributed by atoms with van der Waals surface area (Å²) < 4.78 is 26.0. The van der Waals surface area contributed by atoms with Crippen LogP contribution in [0.2, 0.25) is 10.0 Å². The van der Waals surface area contributed by atoms with Gasteiger partial charge in [0, 0.05) is 11.0 Å². The number of hydrogen-bond acceptors (Lipinski definition) is 3. The molecule has 134 valence electrons. The number of rotatable bonds is 6. The first kappa shape index (κ1) is 20.2. The summed E-state index contributed by atoms with van der Waals surface area (Å²) in [4.78, 5) is 12.3. The zero-order chi connectivity index (χ0) is 18.6. The highest BCUT2D eigenvalue weighted by molar-refractivity contribution is 9.10. The quantitative estimate of drug-likeness (QED) is 0.696. The van der Waals surface area contributed by atoms with Gasteiger partial charge < -0.3 is 5.32 Å². The minimum absolute atomic E-state index is 0.0861. The van der Waals surface area contributed by atoms with Crippen molar-refractivity contribution >= 4 is 60.7 Å². The van der Waals surface area contributed by atoms with E-state index in [0.717, 1.165) is 20.6 Å². The summed E-state index contributed by atoms with van der Waals surface area (Å²) in [5.74, 6) is -0.508. The number of nitrogens with one attached hydrogen (secondary N) is 1. The maximum absolute atomic E-state index is 12.3. The topological polar surface area (TPSA) is 66.5 Å². The van der Waals surface area contributed by atoms with Crippen LogP contribution in [-0.2, 0) is 21.4 Å². The Kier molecular flexibility index (Phi) is 6.87. The number of halogens is 3. The molecule has 0 unspecified atom stereocenters. The summed E-state index contributed by atoms with van der Waals surface area (Å²) in [6.45, 7) is -0.249. The third kappa shape index (κ3) is 5.97. The molecule has 9 heteroatoms. The van der Waals surface area contributed by atoms with Crippen LogP contribution in [0.3, 0.4) is 0 Å². The fraction of sp³-hybridized carbons (Fsp3) is 0.188. The number of anilines is 1. The lowest BCUT2D eigenvalue weighted by Gasteiger charge is -2.20. The van der Waals surface area contributed by atoms with Gasteiger partial charge in [-0.1, -0.05) is 57.3 Å². The van der Waals surface area contributed by atoms with E-state index in [1.807, 2.05) is 12.1 Å². The van der Waals surface area contributed by atoms with Crippen LogP contribution in [0.1, 0.15) is 5.56 Å². The van der Waals surface area contributed by atoms with Crippen LogP contribution in [0, 0.1) is 0 Å². The Bertz CT molecular complexity index is 873. The number of carbonyl (C=O) groups excluding carboxylic acids is 1. The molecule has 0 radical (unpaired) electrons. The molecule has 0 spiro atoms. The van der Waals surface area contributed by atoms with Crippen LogP contribution in [0.5, 0.6) is 0 Å². The summed E-state index contributed by atoms with van der Waals surface area (Å²) in [5.41, 5.74) is 1.10. The molecule has 0 aliphatic heterocycles. The fourth-order valence-electron chi connectivity index (χ4n) is 2.03. The normalized spacial score (nSPS) is 11.6. The molecular weight excluding hydrogens is 451 g/mol. The first-order valence-corrected chi connectivity index (χ1v) is 10.5. The summed E-state index contributed by atoms with van der Waals surface area (Å²) in [6, 6.07) is 12.0. The molecule has 5 nitrogen and oxygen atoms in total. The lowest BCUT2D eigenvalue weighted by molar-refractivity contribution is -0.116. The molecule has 1 N–H and O–H groups in total. The second kappa shape index (κ2) is 8.51. The molecule has 0 aliphatic rings. The predicted octanol–water partition coefficient (Wildman–Crippen LogP) is 4.16. The largest absolute Gasteiger partial charge is 0.324 e. The Morgan fingerprint density at radius 1 is 1.16 bits per heavy atom. The highest BCUT2D eigenvalue weighted by Crippen LogP contribution is 2.29. The first-order valence-electron chi connectivity index (χ1n) is 7.10. The van der Waals surface area contributed by atoms with E-state index < -0.39 is 15.9 Å². The van der Waals surface area contributed by atoms with E-state index in [1.165, 1.54) is 0 Å². The Morgan fingerprint density at radius 2 is 1.80 bits per heavy atom. The Balaban J connectivity index is 2.12. The van der Waals surface area contributed by atoms with E-state index in [1.54, 1.807) is 30.3 Å². The third-order valence-electron chi connectivity index (χ3n) is 3.29. The fourth-order valence-corrected chi connectivity index (χ4v) is 3.38. The van der Waals surface area contributed by atoms with Crippen LogP contribution in [-0.4, -0.2) is 31.4 Å². The Hall–Kier alpha value is -1.12. The monoisotopic (exact) mass is 464 g/mol. The lowest BCUT2D eigenvalue weighted by atomic mass is 10.2. The van der Waals surface area contributed by atoms with E-state index in [4.69, 9.17) is 23.2 Å². The van der Waals surface area contributed by atoms with Crippen LogP contribution in [0.25, 0.3) is 0 Å². The smallest absolute Gasteiger partial charge is 0.239 e.